The van der Waals surface area contributed by atoms with Crippen molar-refractivity contribution in [3.05, 3.63) is 35.6 Å². The summed E-state index contributed by atoms with van der Waals surface area (Å²) in [4.78, 5) is 13.8. The van der Waals surface area contributed by atoms with Crippen molar-refractivity contribution in [2.24, 2.45) is 0 Å². The van der Waals surface area contributed by atoms with Crippen LogP contribution < -0.4 is 0 Å². The molecule has 0 aliphatic heterocycles. The van der Waals surface area contributed by atoms with E-state index in [1.165, 1.54) is 4.90 Å². The highest BCUT2D eigenvalue weighted by Gasteiger charge is 2.21. The van der Waals surface area contributed by atoms with E-state index in [0.717, 1.165) is 10.9 Å². The third kappa shape index (κ3) is 2.60. The molecule has 0 bridgehead atoms. The summed E-state index contributed by atoms with van der Waals surface area (Å²) in [5.41, 5.74) is 1.81. The van der Waals surface area contributed by atoms with E-state index in [9.17, 15) is 4.79 Å². The van der Waals surface area contributed by atoms with Gasteiger partial charge in [0.15, 0.2) is 5.76 Å². The van der Waals surface area contributed by atoms with Gasteiger partial charge in [-0.15, -0.1) is 0 Å². The summed E-state index contributed by atoms with van der Waals surface area (Å²) in [6.45, 7) is 5.81. The highest BCUT2D eigenvalue weighted by atomic mass is 16.3. The van der Waals surface area contributed by atoms with E-state index in [2.05, 4.69) is 0 Å². The molecule has 2 aromatic rings. The Bertz CT molecular complexity index is 650. The van der Waals surface area contributed by atoms with E-state index in [0.29, 0.717) is 5.58 Å². The van der Waals surface area contributed by atoms with Crippen LogP contribution in [0.15, 0.2) is 28.7 Å². The van der Waals surface area contributed by atoms with Crippen LogP contribution >= 0.6 is 0 Å². The molecular weight excluding hydrogens is 240 g/mol. The molecule has 0 N–H and O–H groups in total. The Morgan fingerprint density at radius 3 is 2.79 bits per heavy atom. The fraction of sp³-hybridized carbons (Fsp3) is 0.333. The largest absolute Gasteiger partial charge is 0.451 e. The van der Waals surface area contributed by atoms with Crippen molar-refractivity contribution in [3.8, 4) is 6.07 Å². The maximum Gasteiger partial charge on any atom is 0.290 e. The van der Waals surface area contributed by atoms with Gasteiger partial charge in [-0.2, -0.15) is 5.26 Å². The standard InChI is InChI=1S/C15H16N2O2/c1-10(2)17(7-6-16)15(18)14-9-12-8-11(3)4-5-13(12)19-14/h4-5,8-10H,7H2,1-3H3. The normalized spacial score (nSPS) is 10.7. The zero-order chi connectivity index (χ0) is 14.0. The maximum absolute atomic E-state index is 12.3. The number of nitriles is 1. The van der Waals surface area contributed by atoms with Crippen LogP contribution in [0.1, 0.15) is 30.0 Å². The number of carbonyl (C=O) groups is 1. The zero-order valence-corrected chi connectivity index (χ0v) is 11.3. The molecule has 4 nitrogen and oxygen atoms in total. The van der Waals surface area contributed by atoms with Crippen LogP contribution in [0, 0.1) is 18.3 Å². The van der Waals surface area contributed by atoms with Crippen LogP contribution in [-0.2, 0) is 0 Å². The number of hydrogen-bond donors (Lipinski definition) is 0. The Morgan fingerprint density at radius 2 is 2.16 bits per heavy atom. The smallest absolute Gasteiger partial charge is 0.290 e. The van der Waals surface area contributed by atoms with Gasteiger partial charge in [0.1, 0.15) is 12.1 Å². The predicted molar refractivity (Wildman–Crippen MR) is 72.7 cm³/mol. The van der Waals surface area contributed by atoms with Gasteiger partial charge in [-0.1, -0.05) is 11.6 Å². The van der Waals surface area contributed by atoms with Crippen LogP contribution in [0.3, 0.4) is 0 Å². The molecule has 0 aliphatic carbocycles. The quantitative estimate of drug-likeness (QED) is 0.793. The predicted octanol–water partition coefficient (Wildman–Crippen LogP) is 3.12. The first-order valence-corrected chi connectivity index (χ1v) is 6.21. The first-order chi connectivity index (χ1) is 9.02. The van der Waals surface area contributed by atoms with Crippen molar-refractivity contribution >= 4 is 16.9 Å². The summed E-state index contributed by atoms with van der Waals surface area (Å²) < 4.78 is 5.56. The molecule has 0 fully saturated rings. The number of aryl methyl sites for hydroxylation is 1. The molecule has 0 aliphatic rings. The molecule has 0 saturated heterocycles. The van der Waals surface area contributed by atoms with E-state index in [1.807, 2.05) is 45.0 Å². The summed E-state index contributed by atoms with van der Waals surface area (Å²) in [6.07, 6.45) is 0. The van der Waals surface area contributed by atoms with Gasteiger partial charge in [-0.05, 0) is 39.0 Å². The van der Waals surface area contributed by atoms with Gasteiger partial charge in [0, 0.05) is 11.4 Å². The lowest BCUT2D eigenvalue weighted by Crippen LogP contribution is -2.37. The van der Waals surface area contributed by atoms with Crippen molar-refractivity contribution in [2.75, 3.05) is 6.54 Å². The van der Waals surface area contributed by atoms with Gasteiger partial charge < -0.3 is 9.32 Å². The lowest BCUT2D eigenvalue weighted by atomic mass is 10.2. The van der Waals surface area contributed by atoms with Gasteiger partial charge in [-0.3, -0.25) is 4.79 Å². The molecule has 0 spiro atoms. The topological polar surface area (TPSA) is 57.2 Å². The molecule has 1 amide bonds. The van der Waals surface area contributed by atoms with Crippen LogP contribution in [-0.4, -0.2) is 23.4 Å². The second kappa shape index (κ2) is 5.15. The average molecular weight is 256 g/mol. The van der Waals surface area contributed by atoms with E-state index in [4.69, 9.17) is 9.68 Å². The number of furan rings is 1. The Hall–Kier alpha value is -2.28. The molecule has 1 aromatic carbocycles. The van der Waals surface area contributed by atoms with Crippen molar-refractivity contribution < 1.29 is 9.21 Å². The molecule has 0 atom stereocenters. The van der Waals surface area contributed by atoms with Crippen LogP contribution in [0.4, 0.5) is 0 Å². The first-order valence-electron chi connectivity index (χ1n) is 6.21. The van der Waals surface area contributed by atoms with E-state index >= 15 is 0 Å². The van der Waals surface area contributed by atoms with Gasteiger partial charge >= 0.3 is 0 Å². The summed E-state index contributed by atoms with van der Waals surface area (Å²) in [5.74, 6) is 0.0370. The van der Waals surface area contributed by atoms with Crippen LogP contribution in [0.5, 0.6) is 0 Å². The van der Waals surface area contributed by atoms with Gasteiger partial charge in [-0.25, -0.2) is 0 Å². The number of carbonyl (C=O) groups excluding carboxylic acids is 1. The third-order valence-corrected chi connectivity index (χ3v) is 3.01. The summed E-state index contributed by atoms with van der Waals surface area (Å²) in [5, 5.41) is 9.69. The van der Waals surface area contributed by atoms with Crippen LogP contribution in [0.2, 0.25) is 0 Å². The fourth-order valence-corrected chi connectivity index (χ4v) is 1.97. The lowest BCUT2D eigenvalue weighted by molar-refractivity contribution is 0.0701. The second-order valence-electron chi connectivity index (χ2n) is 4.84. The molecule has 19 heavy (non-hydrogen) atoms. The van der Waals surface area contributed by atoms with Gasteiger partial charge in [0.25, 0.3) is 5.91 Å². The Morgan fingerprint density at radius 1 is 1.42 bits per heavy atom. The molecule has 0 radical (unpaired) electrons. The monoisotopic (exact) mass is 256 g/mol. The molecule has 1 heterocycles. The molecule has 98 valence electrons. The Kier molecular flexibility index (Phi) is 3.57. The SMILES string of the molecule is Cc1ccc2oc(C(=O)N(CC#N)C(C)C)cc2c1. The minimum absolute atomic E-state index is 0.0397. The highest BCUT2D eigenvalue weighted by molar-refractivity contribution is 5.96. The highest BCUT2D eigenvalue weighted by Crippen LogP contribution is 2.22. The molecule has 0 saturated carbocycles. The minimum atomic E-state index is -0.245. The lowest BCUT2D eigenvalue weighted by Gasteiger charge is -2.22. The molecule has 0 unspecified atom stereocenters. The van der Waals surface area contributed by atoms with Crippen molar-refractivity contribution in [1.82, 2.24) is 4.90 Å². The third-order valence-electron chi connectivity index (χ3n) is 3.01. The van der Waals surface area contributed by atoms with Crippen molar-refractivity contribution in [1.29, 1.82) is 5.26 Å². The summed E-state index contributed by atoms with van der Waals surface area (Å²) in [6, 6.07) is 9.46. The zero-order valence-electron chi connectivity index (χ0n) is 11.3. The number of benzene rings is 1. The number of fused-ring (bicyclic) bond motifs is 1. The molecule has 2 rings (SSSR count). The Balaban J connectivity index is 2.38. The van der Waals surface area contributed by atoms with Gasteiger partial charge in [0.05, 0.1) is 6.07 Å². The van der Waals surface area contributed by atoms with E-state index in [1.54, 1.807) is 6.07 Å². The molecular formula is C15H16N2O2. The van der Waals surface area contributed by atoms with E-state index < -0.39 is 0 Å². The number of amides is 1. The Labute approximate surface area is 112 Å². The second-order valence-corrected chi connectivity index (χ2v) is 4.84. The summed E-state index contributed by atoms with van der Waals surface area (Å²) in [7, 11) is 0. The molecule has 1 aromatic heterocycles. The first kappa shape index (κ1) is 13.2. The fourth-order valence-electron chi connectivity index (χ4n) is 1.97. The maximum atomic E-state index is 12.3. The van der Waals surface area contributed by atoms with Gasteiger partial charge in [0.2, 0.25) is 0 Å². The van der Waals surface area contributed by atoms with E-state index in [-0.39, 0.29) is 24.3 Å². The minimum Gasteiger partial charge on any atom is -0.451 e. The van der Waals surface area contributed by atoms with Crippen molar-refractivity contribution in [3.63, 3.8) is 0 Å². The van der Waals surface area contributed by atoms with Crippen LogP contribution in [0.25, 0.3) is 11.0 Å². The average Bonchev–Trinajstić information content (AvgIpc) is 2.77. The number of nitrogens with zero attached hydrogens (tertiary/aromatic N) is 2. The number of hydrogen-bond acceptors (Lipinski definition) is 3. The number of rotatable bonds is 3. The molecule has 4 heteroatoms. The van der Waals surface area contributed by atoms with Crippen molar-refractivity contribution in [2.45, 2.75) is 26.8 Å². The summed E-state index contributed by atoms with van der Waals surface area (Å²) >= 11 is 0.